The summed E-state index contributed by atoms with van der Waals surface area (Å²) in [5, 5.41) is 9.02. The quantitative estimate of drug-likeness (QED) is 0.928. The van der Waals surface area contributed by atoms with Crippen molar-refractivity contribution >= 4 is 11.9 Å². The highest BCUT2D eigenvalue weighted by Gasteiger charge is 2.27. The molecule has 0 radical (unpaired) electrons. The third kappa shape index (κ3) is 3.68. The van der Waals surface area contributed by atoms with Crippen molar-refractivity contribution in [1.82, 2.24) is 14.9 Å². The first-order valence-corrected chi connectivity index (χ1v) is 8.42. The SMILES string of the molecule is CC(=O)N1CCCC[C@H]1c1cc(-c2ccc(C(=O)O)cc2)nc(C)n1. The summed E-state index contributed by atoms with van der Waals surface area (Å²) in [6.07, 6.45) is 2.98. The van der Waals surface area contributed by atoms with Gasteiger partial charge in [0.05, 0.1) is 23.0 Å². The fraction of sp³-hybridized carbons (Fsp3) is 0.368. The lowest BCUT2D eigenvalue weighted by Crippen LogP contribution is -2.37. The van der Waals surface area contributed by atoms with E-state index < -0.39 is 5.97 Å². The Labute approximate surface area is 146 Å². The predicted octanol–water partition coefficient (Wildman–Crippen LogP) is 3.22. The van der Waals surface area contributed by atoms with E-state index in [4.69, 9.17) is 5.11 Å². The number of likely N-dealkylation sites (tertiary alicyclic amines) is 1. The van der Waals surface area contributed by atoms with Gasteiger partial charge in [-0.15, -0.1) is 0 Å². The zero-order chi connectivity index (χ0) is 18.0. The van der Waals surface area contributed by atoms with Gasteiger partial charge in [-0.2, -0.15) is 0 Å². The fourth-order valence-electron chi connectivity index (χ4n) is 3.31. The normalized spacial score (nSPS) is 17.4. The maximum atomic E-state index is 12.0. The Kier molecular flexibility index (Phi) is 4.79. The van der Waals surface area contributed by atoms with Gasteiger partial charge in [0.25, 0.3) is 0 Å². The molecule has 0 unspecified atom stereocenters. The molecular formula is C19H21N3O3. The summed E-state index contributed by atoms with van der Waals surface area (Å²) in [5.74, 6) is -0.248. The number of amides is 1. The van der Waals surface area contributed by atoms with E-state index in [0.717, 1.165) is 42.8 Å². The summed E-state index contributed by atoms with van der Waals surface area (Å²) >= 11 is 0. The van der Waals surface area contributed by atoms with Crippen LogP contribution in [-0.2, 0) is 4.79 Å². The van der Waals surface area contributed by atoms with Crippen LogP contribution in [0, 0.1) is 6.92 Å². The lowest BCUT2D eigenvalue weighted by molar-refractivity contribution is -0.132. The van der Waals surface area contributed by atoms with Crippen LogP contribution in [0.5, 0.6) is 0 Å². The Morgan fingerprint density at radius 1 is 1.16 bits per heavy atom. The third-order valence-corrected chi connectivity index (χ3v) is 4.53. The molecule has 1 aromatic carbocycles. The van der Waals surface area contributed by atoms with Crippen molar-refractivity contribution in [1.29, 1.82) is 0 Å². The van der Waals surface area contributed by atoms with E-state index in [1.807, 2.05) is 17.9 Å². The van der Waals surface area contributed by atoms with E-state index in [9.17, 15) is 9.59 Å². The van der Waals surface area contributed by atoms with Gasteiger partial charge in [0.2, 0.25) is 5.91 Å². The molecule has 1 amide bonds. The highest BCUT2D eigenvalue weighted by Crippen LogP contribution is 2.31. The molecule has 0 spiro atoms. The van der Waals surface area contributed by atoms with Crippen LogP contribution in [0.4, 0.5) is 0 Å². The first kappa shape index (κ1) is 17.1. The maximum absolute atomic E-state index is 12.0. The van der Waals surface area contributed by atoms with Crippen LogP contribution in [0.25, 0.3) is 11.3 Å². The Morgan fingerprint density at radius 2 is 1.88 bits per heavy atom. The van der Waals surface area contributed by atoms with E-state index in [1.165, 1.54) is 0 Å². The number of aryl methyl sites for hydroxylation is 1. The van der Waals surface area contributed by atoms with Crippen LogP contribution >= 0.6 is 0 Å². The van der Waals surface area contributed by atoms with Gasteiger partial charge >= 0.3 is 5.97 Å². The smallest absolute Gasteiger partial charge is 0.335 e. The molecule has 3 rings (SSSR count). The van der Waals surface area contributed by atoms with Crippen LogP contribution in [0.15, 0.2) is 30.3 Å². The molecule has 1 aliphatic heterocycles. The van der Waals surface area contributed by atoms with E-state index in [-0.39, 0.29) is 17.5 Å². The van der Waals surface area contributed by atoms with Crippen LogP contribution in [0.2, 0.25) is 0 Å². The molecule has 2 heterocycles. The lowest BCUT2D eigenvalue weighted by atomic mass is 9.97. The molecule has 1 atom stereocenters. The second kappa shape index (κ2) is 7.01. The van der Waals surface area contributed by atoms with Gasteiger partial charge < -0.3 is 10.0 Å². The van der Waals surface area contributed by atoms with Gasteiger partial charge in [-0.05, 0) is 44.4 Å². The van der Waals surface area contributed by atoms with E-state index >= 15 is 0 Å². The van der Waals surface area contributed by atoms with Crippen molar-refractivity contribution in [2.45, 2.75) is 39.2 Å². The molecule has 0 aliphatic carbocycles. The monoisotopic (exact) mass is 339 g/mol. The minimum absolute atomic E-state index is 0.0232. The van der Waals surface area contributed by atoms with Crippen molar-refractivity contribution in [3.63, 3.8) is 0 Å². The highest BCUT2D eigenvalue weighted by atomic mass is 16.4. The van der Waals surface area contributed by atoms with Crippen LogP contribution < -0.4 is 0 Å². The summed E-state index contributed by atoms with van der Waals surface area (Å²) in [4.78, 5) is 33.9. The highest BCUT2D eigenvalue weighted by molar-refractivity contribution is 5.88. The molecule has 6 heteroatoms. The molecule has 1 aliphatic rings. The summed E-state index contributed by atoms with van der Waals surface area (Å²) < 4.78 is 0. The standard InChI is InChI=1S/C19H21N3O3/c1-12-20-16(14-6-8-15(9-7-14)19(24)25)11-17(21-12)18-5-3-4-10-22(18)13(2)23/h6-9,11,18H,3-5,10H2,1-2H3,(H,24,25)/t18-/m0/s1. The van der Waals surface area contributed by atoms with Crippen molar-refractivity contribution in [3.05, 3.63) is 47.4 Å². The number of aromatic carboxylic acids is 1. The third-order valence-electron chi connectivity index (χ3n) is 4.53. The number of piperidine rings is 1. The van der Waals surface area contributed by atoms with Crippen molar-refractivity contribution in [3.8, 4) is 11.3 Å². The Hall–Kier alpha value is -2.76. The number of carbonyl (C=O) groups is 2. The second-order valence-corrected chi connectivity index (χ2v) is 6.33. The molecule has 1 fully saturated rings. The molecular weight excluding hydrogens is 318 g/mol. The molecule has 130 valence electrons. The number of carboxylic acids is 1. The van der Waals surface area contributed by atoms with Gasteiger partial charge in [0.15, 0.2) is 0 Å². The van der Waals surface area contributed by atoms with E-state index in [1.54, 1.807) is 31.2 Å². The van der Waals surface area contributed by atoms with Crippen LogP contribution in [-0.4, -0.2) is 38.4 Å². The van der Waals surface area contributed by atoms with Gasteiger partial charge in [0.1, 0.15) is 5.82 Å². The van der Waals surface area contributed by atoms with E-state index in [2.05, 4.69) is 9.97 Å². The van der Waals surface area contributed by atoms with Gasteiger partial charge in [-0.3, -0.25) is 4.79 Å². The molecule has 1 N–H and O–H groups in total. The number of hydrogen-bond donors (Lipinski definition) is 1. The Balaban J connectivity index is 1.97. The number of aromatic nitrogens is 2. The molecule has 0 saturated carbocycles. The fourth-order valence-corrected chi connectivity index (χ4v) is 3.31. The summed E-state index contributed by atoms with van der Waals surface area (Å²) in [6.45, 7) is 4.18. The molecule has 25 heavy (non-hydrogen) atoms. The number of benzene rings is 1. The van der Waals surface area contributed by atoms with Crippen molar-refractivity contribution in [2.24, 2.45) is 0 Å². The first-order chi connectivity index (χ1) is 12.0. The number of carboxylic acid groups (broad SMARTS) is 1. The largest absolute Gasteiger partial charge is 0.478 e. The second-order valence-electron chi connectivity index (χ2n) is 6.33. The molecule has 1 aromatic heterocycles. The lowest BCUT2D eigenvalue weighted by Gasteiger charge is -2.34. The van der Waals surface area contributed by atoms with Gasteiger partial charge in [0, 0.05) is 19.0 Å². The van der Waals surface area contributed by atoms with Crippen LogP contribution in [0.1, 0.15) is 54.1 Å². The zero-order valence-electron chi connectivity index (χ0n) is 14.4. The molecule has 1 saturated heterocycles. The number of rotatable bonds is 3. The van der Waals surface area contributed by atoms with Gasteiger partial charge in [-0.25, -0.2) is 14.8 Å². The molecule has 0 bridgehead atoms. The van der Waals surface area contributed by atoms with E-state index in [0.29, 0.717) is 5.82 Å². The first-order valence-electron chi connectivity index (χ1n) is 8.42. The predicted molar refractivity (Wildman–Crippen MR) is 93.1 cm³/mol. The molecule has 2 aromatic rings. The summed E-state index contributed by atoms with van der Waals surface area (Å²) in [7, 11) is 0. The summed E-state index contributed by atoms with van der Waals surface area (Å²) in [6, 6.07) is 8.52. The number of nitrogens with zero attached hydrogens (tertiary/aromatic N) is 3. The van der Waals surface area contributed by atoms with Crippen molar-refractivity contribution in [2.75, 3.05) is 6.54 Å². The summed E-state index contributed by atoms with van der Waals surface area (Å²) in [5.41, 5.74) is 2.67. The topological polar surface area (TPSA) is 83.4 Å². The zero-order valence-corrected chi connectivity index (χ0v) is 14.4. The Bertz CT molecular complexity index is 802. The average molecular weight is 339 g/mol. The van der Waals surface area contributed by atoms with Crippen LogP contribution in [0.3, 0.4) is 0 Å². The number of carbonyl (C=O) groups excluding carboxylic acids is 1. The minimum Gasteiger partial charge on any atom is -0.478 e. The average Bonchev–Trinajstić information content (AvgIpc) is 2.61. The van der Waals surface area contributed by atoms with Crippen molar-refractivity contribution < 1.29 is 14.7 Å². The molecule has 6 nitrogen and oxygen atoms in total. The minimum atomic E-state index is -0.953. The van der Waals surface area contributed by atoms with Gasteiger partial charge in [-0.1, -0.05) is 12.1 Å². The Morgan fingerprint density at radius 3 is 2.52 bits per heavy atom. The maximum Gasteiger partial charge on any atom is 0.335 e. The number of hydrogen-bond acceptors (Lipinski definition) is 4.